The molecule has 0 radical (unpaired) electrons. The molecule has 0 bridgehead atoms. The molecule has 2 nitrogen and oxygen atoms in total. The van der Waals surface area contributed by atoms with Gasteiger partial charge in [-0.25, -0.2) is 4.98 Å². The van der Waals surface area contributed by atoms with E-state index < -0.39 is 0 Å². The van der Waals surface area contributed by atoms with E-state index in [-0.39, 0.29) is 0 Å². The fourth-order valence-electron chi connectivity index (χ4n) is 1.24. The highest BCUT2D eigenvalue weighted by Crippen LogP contribution is 2.12. The number of nitrogens with zero attached hydrogens (tertiary/aromatic N) is 1. The molecule has 0 fully saturated rings. The number of fused-ring (bicyclic) bond motifs is 1. The average molecular weight is 144 g/mol. The van der Waals surface area contributed by atoms with Crippen LogP contribution in [0.2, 0.25) is 0 Å². The quantitative estimate of drug-likeness (QED) is 0.523. The van der Waals surface area contributed by atoms with E-state index in [4.69, 9.17) is 0 Å². The van der Waals surface area contributed by atoms with Crippen molar-refractivity contribution in [3.8, 4) is 0 Å². The summed E-state index contributed by atoms with van der Waals surface area (Å²) in [6.45, 7) is 2.08. The third-order valence-electron chi connectivity index (χ3n) is 1.87. The van der Waals surface area contributed by atoms with Crippen molar-refractivity contribution in [2.75, 3.05) is 0 Å². The Morgan fingerprint density at radius 1 is 1.55 bits per heavy atom. The molecule has 3 heteroatoms. The van der Waals surface area contributed by atoms with Crippen molar-refractivity contribution in [3.63, 3.8) is 0 Å². The molecule has 0 spiro atoms. The molecular weight excluding hydrogens is 135 g/mol. The monoisotopic (exact) mass is 144 g/mol. The van der Waals surface area contributed by atoms with Crippen LogP contribution in [0, 0.1) is 6.92 Å². The van der Waals surface area contributed by atoms with Crippen molar-refractivity contribution >= 4 is 24.3 Å². The maximum Gasteiger partial charge on any atom is 0.141 e. The summed E-state index contributed by atoms with van der Waals surface area (Å²) in [5.41, 5.74) is 3.45. The highest BCUT2D eigenvalue weighted by molar-refractivity contribution is 6.32. The topological polar surface area (TPSA) is 28.7 Å². The van der Waals surface area contributed by atoms with Gasteiger partial charge in [0.1, 0.15) is 13.5 Å². The van der Waals surface area contributed by atoms with Crippen molar-refractivity contribution in [1.82, 2.24) is 9.97 Å². The molecule has 0 amide bonds. The van der Waals surface area contributed by atoms with Crippen molar-refractivity contribution in [3.05, 3.63) is 24.0 Å². The number of hydrogen-bond acceptors (Lipinski definition) is 1. The number of H-pyrrole nitrogens is 1. The van der Waals surface area contributed by atoms with E-state index in [9.17, 15) is 0 Å². The van der Waals surface area contributed by atoms with Gasteiger partial charge in [-0.3, -0.25) is 0 Å². The Labute approximate surface area is 66.1 Å². The lowest BCUT2D eigenvalue weighted by molar-refractivity contribution is 1.33. The average Bonchev–Trinajstić information content (AvgIpc) is 2.33. The second-order valence-corrected chi connectivity index (χ2v) is 2.88. The summed E-state index contributed by atoms with van der Waals surface area (Å²) in [6, 6.07) is 2.15. The smallest absolute Gasteiger partial charge is 0.141 e. The molecule has 2 heterocycles. The Kier molecular flexibility index (Phi) is 1.25. The van der Waals surface area contributed by atoms with Gasteiger partial charge in [-0.2, -0.15) is 0 Å². The predicted molar refractivity (Wildman–Crippen MR) is 49.0 cm³/mol. The molecule has 0 aromatic carbocycles. The molecule has 0 saturated heterocycles. The summed E-state index contributed by atoms with van der Waals surface area (Å²) in [5, 5.41) is 1.23. The first kappa shape index (κ1) is 6.46. The van der Waals surface area contributed by atoms with Crippen LogP contribution in [0.3, 0.4) is 0 Å². The predicted octanol–water partition coefficient (Wildman–Crippen LogP) is 0.130. The third kappa shape index (κ3) is 0.927. The fraction of sp³-hybridized carbons (Fsp3) is 0.125. The van der Waals surface area contributed by atoms with Gasteiger partial charge in [0.05, 0.1) is 0 Å². The second kappa shape index (κ2) is 2.12. The van der Waals surface area contributed by atoms with Gasteiger partial charge in [-0.15, -0.1) is 0 Å². The first-order valence-corrected chi connectivity index (χ1v) is 3.68. The maximum atomic E-state index is 4.25. The number of aromatic nitrogens is 2. The molecule has 54 valence electrons. The number of pyridine rings is 1. The molecule has 0 aliphatic carbocycles. The lowest BCUT2D eigenvalue weighted by Gasteiger charge is -1.92. The fourth-order valence-corrected chi connectivity index (χ4v) is 1.24. The third-order valence-corrected chi connectivity index (χ3v) is 1.87. The standard InChI is InChI=1S/C8H9BN2/c1-5-3-10-8-7(5)2-6(9)4-11-8/h2-4H,9H2,1H3,(H,10,11). The SMILES string of the molecule is Bc1cnc2[nH]cc(C)c2c1. The van der Waals surface area contributed by atoms with E-state index in [0.29, 0.717) is 0 Å². The van der Waals surface area contributed by atoms with Gasteiger partial charge in [-0.05, 0) is 12.5 Å². The summed E-state index contributed by atoms with van der Waals surface area (Å²) in [6.07, 6.45) is 3.86. The molecule has 2 aromatic rings. The molecule has 0 aliphatic heterocycles. The minimum Gasteiger partial charge on any atom is -0.346 e. The summed E-state index contributed by atoms with van der Waals surface area (Å²) in [4.78, 5) is 7.35. The van der Waals surface area contributed by atoms with E-state index in [1.54, 1.807) is 0 Å². The van der Waals surface area contributed by atoms with Crippen LogP contribution in [-0.2, 0) is 0 Å². The van der Waals surface area contributed by atoms with E-state index in [1.165, 1.54) is 16.4 Å². The van der Waals surface area contributed by atoms with Crippen LogP contribution in [0.1, 0.15) is 5.56 Å². The molecule has 0 atom stereocenters. The molecule has 0 aliphatic rings. The Morgan fingerprint density at radius 2 is 2.36 bits per heavy atom. The van der Waals surface area contributed by atoms with Gasteiger partial charge in [0.25, 0.3) is 0 Å². The summed E-state index contributed by atoms with van der Waals surface area (Å²) in [7, 11) is 2.05. The highest BCUT2D eigenvalue weighted by atomic mass is 14.8. The lowest BCUT2D eigenvalue weighted by Crippen LogP contribution is -2.01. The van der Waals surface area contributed by atoms with Gasteiger partial charge >= 0.3 is 0 Å². The van der Waals surface area contributed by atoms with Crippen LogP contribution in [0.4, 0.5) is 0 Å². The van der Waals surface area contributed by atoms with Crippen LogP contribution >= 0.6 is 0 Å². The Hall–Kier alpha value is -1.25. The van der Waals surface area contributed by atoms with Gasteiger partial charge in [-0.1, -0.05) is 11.5 Å². The molecular formula is C8H9BN2. The lowest BCUT2D eigenvalue weighted by atomic mass is 9.97. The van der Waals surface area contributed by atoms with Crippen molar-refractivity contribution in [1.29, 1.82) is 0 Å². The Morgan fingerprint density at radius 3 is 3.18 bits per heavy atom. The van der Waals surface area contributed by atoms with Gasteiger partial charge in [0.2, 0.25) is 0 Å². The van der Waals surface area contributed by atoms with Crippen molar-refractivity contribution < 1.29 is 0 Å². The van der Waals surface area contributed by atoms with Crippen LogP contribution in [0.25, 0.3) is 11.0 Å². The molecule has 0 unspecified atom stereocenters. The first-order valence-electron chi connectivity index (χ1n) is 3.68. The minimum atomic E-state index is 0.980. The number of aryl methyl sites for hydroxylation is 1. The van der Waals surface area contributed by atoms with Crippen molar-refractivity contribution in [2.24, 2.45) is 0 Å². The number of aromatic amines is 1. The van der Waals surface area contributed by atoms with Crippen LogP contribution in [0.5, 0.6) is 0 Å². The van der Waals surface area contributed by atoms with Gasteiger partial charge in [0.15, 0.2) is 0 Å². The van der Waals surface area contributed by atoms with E-state index >= 15 is 0 Å². The normalized spacial score (nSPS) is 10.6. The summed E-state index contributed by atoms with van der Waals surface area (Å²) >= 11 is 0. The zero-order valence-corrected chi connectivity index (χ0v) is 6.68. The first-order chi connectivity index (χ1) is 5.27. The molecule has 2 rings (SSSR count). The van der Waals surface area contributed by atoms with Crippen molar-refractivity contribution in [2.45, 2.75) is 6.92 Å². The zero-order valence-electron chi connectivity index (χ0n) is 6.68. The van der Waals surface area contributed by atoms with E-state index in [2.05, 4.69) is 30.8 Å². The number of hydrogen-bond donors (Lipinski definition) is 1. The molecule has 0 saturated carbocycles. The van der Waals surface area contributed by atoms with Crippen LogP contribution < -0.4 is 5.46 Å². The molecule has 2 aromatic heterocycles. The second-order valence-electron chi connectivity index (χ2n) is 2.88. The van der Waals surface area contributed by atoms with Gasteiger partial charge < -0.3 is 4.98 Å². The summed E-state index contributed by atoms with van der Waals surface area (Å²) in [5.74, 6) is 0. The minimum absolute atomic E-state index is 0.980. The zero-order chi connectivity index (χ0) is 7.84. The molecule has 11 heavy (non-hydrogen) atoms. The Bertz CT molecular complexity index is 392. The molecule has 1 N–H and O–H groups in total. The van der Waals surface area contributed by atoms with Gasteiger partial charge in [0, 0.05) is 17.8 Å². The van der Waals surface area contributed by atoms with Crippen LogP contribution in [0.15, 0.2) is 18.5 Å². The Balaban J connectivity index is 2.87. The largest absolute Gasteiger partial charge is 0.346 e. The maximum absolute atomic E-state index is 4.25. The summed E-state index contributed by atoms with van der Waals surface area (Å²) < 4.78 is 0. The van der Waals surface area contributed by atoms with Crippen LogP contribution in [-0.4, -0.2) is 17.8 Å². The number of rotatable bonds is 0. The van der Waals surface area contributed by atoms with E-state index in [0.717, 1.165) is 5.65 Å². The number of nitrogens with one attached hydrogen (secondary N) is 1. The van der Waals surface area contributed by atoms with E-state index in [1.807, 2.05) is 12.4 Å². The highest BCUT2D eigenvalue weighted by Gasteiger charge is 1.98.